The number of aromatic nitrogens is 1. The van der Waals surface area contributed by atoms with Crippen LogP contribution in [0.5, 0.6) is 5.75 Å². The van der Waals surface area contributed by atoms with Crippen LogP contribution in [-0.2, 0) is 16.1 Å². The lowest BCUT2D eigenvalue weighted by Crippen LogP contribution is -2.33. The van der Waals surface area contributed by atoms with Crippen molar-refractivity contribution in [3.05, 3.63) is 52.8 Å². The summed E-state index contributed by atoms with van der Waals surface area (Å²) >= 11 is 0. The minimum Gasteiger partial charge on any atom is -0.496 e. The van der Waals surface area contributed by atoms with Gasteiger partial charge in [-0.2, -0.15) is 0 Å². The first kappa shape index (κ1) is 18.9. The van der Waals surface area contributed by atoms with Crippen LogP contribution in [0.25, 0.3) is 0 Å². The molecule has 0 aliphatic carbocycles. The summed E-state index contributed by atoms with van der Waals surface area (Å²) in [6, 6.07) is 7.77. The topological polar surface area (TPSA) is 71.5 Å². The largest absolute Gasteiger partial charge is 0.496 e. The molecule has 1 aliphatic heterocycles. The predicted octanol–water partition coefficient (Wildman–Crippen LogP) is 2.68. The van der Waals surface area contributed by atoms with Crippen LogP contribution < -0.4 is 15.0 Å². The molecule has 2 heterocycles. The summed E-state index contributed by atoms with van der Waals surface area (Å²) in [5.41, 5.74) is 4.62. The Balaban J connectivity index is 1.64. The smallest absolute Gasteiger partial charge is 0.227 e. The summed E-state index contributed by atoms with van der Waals surface area (Å²) in [7, 11) is 1.63. The van der Waals surface area contributed by atoms with E-state index in [-0.39, 0.29) is 24.2 Å². The van der Waals surface area contributed by atoms with Crippen molar-refractivity contribution < 1.29 is 14.3 Å². The number of methoxy groups -OCH3 is 1. The van der Waals surface area contributed by atoms with E-state index in [0.29, 0.717) is 13.1 Å². The minimum atomic E-state index is -0.355. The van der Waals surface area contributed by atoms with Gasteiger partial charge in [0, 0.05) is 36.0 Å². The Hall–Kier alpha value is -2.89. The highest BCUT2D eigenvalue weighted by Gasteiger charge is 2.35. The van der Waals surface area contributed by atoms with E-state index in [0.717, 1.165) is 33.8 Å². The standard InChI is InChI=1S/C21H25N3O3/c1-13-5-7-17(8-6-13)24-12-16(9-19(24)25)21(26)23-11-18-15(3)20(27-4)14(2)10-22-18/h5-8,10,16H,9,11-12H2,1-4H3,(H,23,26). The SMILES string of the molecule is COc1c(C)cnc(CNC(=O)C2CC(=O)N(c3ccc(C)cc3)C2)c1C. The Kier molecular flexibility index (Phi) is 5.44. The molecule has 6 nitrogen and oxygen atoms in total. The number of ether oxygens (including phenoxy) is 1. The lowest BCUT2D eigenvalue weighted by atomic mass is 10.1. The fourth-order valence-corrected chi connectivity index (χ4v) is 3.42. The second kappa shape index (κ2) is 7.78. The number of anilines is 1. The third-order valence-corrected chi connectivity index (χ3v) is 5.02. The number of carbonyl (C=O) groups is 2. The monoisotopic (exact) mass is 367 g/mol. The second-order valence-corrected chi connectivity index (χ2v) is 7.00. The van der Waals surface area contributed by atoms with Crippen LogP contribution in [0, 0.1) is 26.7 Å². The van der Waals surface area contributed by atoms with Crippen molar-refractivity contribution in [2.24, 2.45) is 5.92 Å². The summed E-state index contributed by atoms with van der Waals surface area (Å²) < 4.78 is 5.40. The Morgan fingerprint density at radius 3 is 2.63 bits per heavy atom. The maximum absolute atomic E-state index is 12.6. The molecule has 1 aromatic heterocycles. The molecule has 1 aromatic carbocycles. The first-order chi connectivity index (χ1) is 12.9. The van der Waals surface area contributed by atoms with E-state index in [1.165, 1.54) is 0 Å². The van der Waals surface area contributed by atoms with Gasteiger partial charge in [-0.1, -0.05) is 17.7 Å². The third kappa shape index (κ3) is 3.94. The van der Waals surface area contributed by atoms with Gasteiger partial charge >= 0.3 is 0 Å². The van der Waals surface area contributed by atoms with Crippen molar-refractivity contribution in [3.8, 4) is 5.75 Å². The number of rotatable bonds is 5. The average Bonchev–Trinajstić information content (AvgIpc) is 3.04. The molecule has 2 amide bonds. The average molecular weight is 367 g/mol. The maximum atomic E-state index is 12.6. The van der Waals surface area contributed by atoms with Gasteiger partial charge in [0.15, 0.2) is 0 Å². The van der Waals surface area contributed by atoms with Gasteiger partial charge in [0.25, 0.3) is 0 Å². The van der Waals surface area contributed by atoms with E-state index in [1.807, 2.05) is 45.0 Å². The van der Waals surface area contributed by atoms with Gasteiger partial charge in [0.1, 0.15) is 5.75 Å². The fraction of sp³-hybridized carbons (Fsp3) is 0.381. The molecule has 1 unspecified atom stereocenters. The van der Waals surface area contributed by atoms with Crippen LogP contribution in [0.2, 0.25) is 0 Å². The molecule has 0 spiro atoms. The van der Waals surface area contributed by atoms with E-state index < -0.39 is 0 Å². The molecule has 1 atom stereocenters. The molecule has 1 N–H and O–H groups in total. The van der Waals surface area contributed by atoms with Crippen molar-refractivity contribution in [2.45, 2.75) is 33.7 Å². The normalized spacial score (nSPS) is 16.5. The summed E-state index contributed by atoms with van der Waals surface area (Å²) in [6.45, 7) is 6.58. The molecule has 1 saturated heterocycles. The second-order valence-electron chi connectivity index (χ2n) is 7.00. The van der Waals surface area contributed by atoms with Crippen molar-refractivity contribution >= 4 is 17.5 Å². The first-order valence-corrected chi connectivity index (χ1v) is 9.04. The maximum Gasteiger partial charge on any atom is 0.227 e. The number of carbonyl (C=O) groups excluding carboxylic acids is 2. The molecule has 2 aromatic rings. The molecule has 1 fully saturated rings. The highest BCUT2D eigenvalue weighted by Crippen LogP contribution is 2.26. The summed E-state index contributed by atoms with van der Waals surface area (Å²) in [5.74, 6) is 0.284. The number of aryl methyl sites for hydroxylation is 2. The highest BCUT2D eigenvalue weighted by atomic mass is 16.5. The van der Waals surface area contributed by atoms with Gasteiger partial charge in [-0.05, 0) is 32.9 Å². The van der Waals surface area contributed by atoms with Gasteiger partial charge in [-0.25, -0.2) is 0 Å². The molecule has 3 rings (SSSR count). The van der Waals surface area contributed by atoms with E-state index in [4.69, 9.17) is 4.74 Å². The van der Waals surface area contributed by atoms with Gasteiger partial charge < -0.3 is 15.0 Å². The quantitative estimate of drug-likeness (QED) is 0.882. The van der Waals surface area contributed by atoms with Gasteiger partial charge in [0.2, 0.25) is 11.8 Å². The molecule has 0 bridgehead atoms. The molecular weight excluding hydrogens is 342 g/mol. The molecule has 0 saturated carbocycles. The predicted molar refractivity (Wildman–Crippen MR) is 104 cm³/mol. The van der Waals surface area contributed by atoms with E-state index in [9.17, 15) is 9.59 Å². The molecule has 1 aliphatic rings. The Labute approximate surface area is 159 Å². The molecular formula is C21H25N3O3. The van der Waals surface area contributed by atoms with Crippen LogP contribution >= 0.6 is 0 Å². The van der Waals surface area contributed by atoms with Gasteiger partial charge in [0.05, 0.1) is 25.3 Å². The highest BCUT2D eigenvalue weighted by molar-refractivity contribution is 6.00. The zero-order valence-electron chi connectivity index (χ0n) is 16.2. The van der Waals surface area contributed by atoms with Gasteiger partial charge in [-0.3, -0.25) is 14.6 Å². The Bertz CT molecular complexity index is 862. The molecule has 142 valence electrons. The first-order valence-electron chi connectivity index (χ1n) is 9.04. The number of nitrogens with zero attached hydrogens (tertiary/aromatic N) is 2. The van der Waals surface area contributed by atoms with E-state index >= 15 is 0 Å². The van der Waals surface area contributed by atoms with Crippen molar-refractivity contribution in [1.29, 1.82) is 0 Å². The van der Waals surface area contributed by atoms with Crippen molar-refractivity contribution in [2.75, 3.05) is 18.6 Å². The number of amides is 2. The summed E-state index contributed by atoms with van der Waals surface area (Å²) in [5, 5.41) is 2.92. The van der Waals surface area contributed by atoms with Gasteiger partial charge in [-0.15, -0.1) is 0 Å². The summed E-state index contributed by atoms with van der Waals surface area (Å²) in [4.78, 5) is 31.0. The Morgan fingerprint density at radius 2 is 1.96 bits per heavy atom. The van der Waals surface area contributed by atoms with Crippen LogP contribution in [0.4, 0.5) is 5.69 Å². The van der Waals surface area contributed by atoms with Crippen LogP contribution in [-0.4, -0.2) is 30.5 Å². The third-order valence-electron chi connectivity index (χ3n) is 5.02. The summed E-state index contributed by atoms with van der Waals surface area (Å²) in [6.07, 6.45) is 1.97. The van der Waals surface area contributed by atoms with Crippen LogP contribution in [0.15, 0.2) is 30.5 Å². The number of pyridine rings is 1. The number of hydrogen-bond donors (Lipinski definition) is 1. The fourth-order valence-electron chi connectivity index (χ4n) is 3.42. The number of hydrogen-bond acceptors (Lipinski definition) is 4. The van der Waals surface area contributed by atoms with Crippen LogP contribution in [0.3, 0.4) is 0 Å². The van der Waals surface area contributed by atoms with E-state index in [2.05, 4.69) is 10.3 Å². The minimum absolute atomic E-state index is 0.0229. The molecule has 6 heteroatoms. The number of benzene rings is 1. The molecule has 27 heavy (non-hydrogen) atoms. The lowest BCUT2D eigenvalue weighted by molar-refractivity contribution is -0.126. The molecule has 0 radical (unpaired) electrons. The number of nitrogens with one attached hydrogen (secondary N) is 1. The Morgan fingerprint density at radius 1 is 1.26 bits per heavy atom. The van der Waals surface area contributed by atoms with E-state index in [1.54, 1.807) is 18.2 Å². The lowest BCUT2D eigenvalue weighted by Gasteiger charge is -2.17. The van der Waals surface area contributed by atoms with Crippen LogP contribution in [0.1, 0.15) is 28.8 Å². The van der Waals surface area contributed by atoms with Crippen molar-refractivity contribution in [1.82, 2.24) is 10.3 Å². The van der Waals surface area contributed by atoms with Crippen molar-refractivity contribution in [3.63, 3.8) is 0 Å². The zero-order valence-corrected chi connectivity index (χ0v) is 16.2. The zero-order chi connectivity index (χ0) is 19.6.